The molecule has 3 aromatic rings. The molecule has 0 heterocycles. The summed E-state index contributed by atoms with van der Waals surface area (Å²) in [6, 6.07) is 22.7. The third-order valence-corrected chi connectivity index (χ3v) is 9.83. The summed E-state index contributed by atoms with van der Waals surface area (Å²) < 4.78 is 2.67. The van der Waals surface area contributed by atoms with E-state index >= 15 is 0 Å². The van der Waals surface area contributed by atoms with Crippen molar-refractivity contribution in [1.82, 2.24) is 0 Å². The Bertz CT molecular complexity index is 1290. The third-order valence-electron chi connectivity index (χ3n) is 6.77. The maximum atomic E-state index is 2.55. The second-order valence-corrected chi connectivity index (χ2v) is 11.2. The van der Waals surface area contributed by atoms with Crippen LogP contribution in [0.4, 0.5) is 0 Å². The molecule has 0 nitrogen and oxygen atoms in total. The molecule has 30 heavy (non-hydrogen) atoms. The zero-order chi connectivity index (χ0) is 20.7. The largest absolute Gasteiger partial charge is 0.0747 e. The van der Waals surface area contributed by atoms with E-state index in [-0.39, 0.29) is 10.8 Å². The van der Waals surface area contributed by atoms with Crippen LogP contribution in [0.1, 0.15) is 36.1 Å². The minimum absolute atomic E-state index is 0.0384. The quantitative estimate of drug-likeness (QED) is 0.226. The van der Waals surface area contributed by atoms with Crippen LogP contribution < -0.4 is 0 Å². The Labute approximate surface area is 205 Å². The Morgan fingerprint density at radius 3 is 1.93 bits per heavy atom. The van der Waals surface area contributed by atoms with Gasteiger partial charge in [-0.25, -0.2) is 0 Å². The van der Waals surface area contributed by atoms with Crippen molar-refractivity contribution in [1.29, 1.82) is 0 Å². The fourth-order valence-corrected chi connectivity index (χ4v) is 6.67. The van der Waals surface area contributed by atoms with Crippen LogP contribution in [0.5, 0.6) is 0 Å². The monoisotopic (exact) mass is 610 g/mol. The van der Waals surface area contributed by atoms with E-state index in [0.29, 0.717) is 0 Å². The van der Waals surface area contributed by atoms with Gasteiger partial charge < -0.3 is 0 Å². The first-order valence-electron chi connectivity index (χ1n) is 10.3. The number of hydrogen-bond acceptors (Lipinski definition) is 0. The lowest BCUT2D eigenvalue weighted by Gasteiger charge is -2.32. The highest BCUT2D eigenvalue weighted by Crippen LogP contribution is 2.63. The molecule has 0 atom stereocenters. The molecular weight excluding hydrogens is 590 g/mol. The van der Waals surface area contributed by atoms with Crippen LogP contribution in [0, 0.1) is 12.6 Å². The van der Waals surface area contributed by atoms with E-state index in [4.69, 9.17) is 0 Å². The number of fused-ring (bicyclic) bond motifs is 9. The minimum Gasteiger partial charge on any atom is -0.0747 e. The van der Waals surface area contributed by atoms with Crippen LogP contribution >= 0.6 is 45.2 Å². The first-order chi connectivity index (χ1) is 14.4. The van der Waals surface area contributed by atoms with E-state index in [1.165, 1.54) is 51.7 Å². The second kappa shape index (κ2) is 6.42. The lowest BCUT2D eigenvalue weighted by molar-refractivity contribution is 0.625. The van der Waals surface area contributed by atoms with Gasteiger partial charge in [0, 0.05) is 18.1 Å². The van der Waals surface area contributed by atoms with Gasteiger partial charge in [0.25, 0.3) is 0 Å². The van der Waals surface area contributed by atoms with Crippen molar-refractivity contribution in [3.8, 4) is 11.1 Å². The SMILES string of the molecule is CC1(C)C=CC2=C(C=C1)C1(c3ccccc3-c3ccccc31)c1ccc(I)c(I)c12. The van der Waals surface area contributed by atoms with Crippen LogP contribution in [-0.2, 0) is 5.41 Å². The minimum atomic E-state index is -0.247. The molecule has 0 saturated heterocycles. The topological polar surface area (TPSA) is 0 Å². The van der Waals surface area contributed by atoms with E-state index in [2.05, 4.69) is 144 Å². The molecule has 3 aromatic carbocycles. The molecule has 0 aromatic heterocycles. The average molecular weight is 610 g/mol. The van der Waals surface area contributed by atoms with E-state index < -0.39 is 0 Å². The van der Waals surface area contributed by atoms with Gasteiger partial charge in [-0.3, -0.25) is 0 Å². The Morgan fingerprint density at radius 2 is 1.27 bits per heavy atom. The van der Waals surface area contributed by atoms with Gasteiger partial charge in [-0.1, -0.05) is 92.7 Å². The predicted octanol–water partition coefficient (Wildman–Crippen LogP) is 8.13. The molecule has 146 valence electrons. The third kappa shape index (κ3) is 2.32. The van der Waals surface area contributed by atoms with Gasteiger partial charge in [0.1, 0.15) is 0 Å². The number of benzene rings is 3. The van der Waals surface area contributed by atoms with Crippen molar-refractivity contribution >= 4 is 50.8 Å². The molecular formula is C28H20I2. The van der Waals surface area contributed by atoms with Gasteiger partial charge in [-0.15, -0.1) is 0 Å². The number of allylic oxidation sites excluding steroid dienone is 6. The summed E-state index contributed by atoms with van der Waals surface area (Å²) in [6.45, 7) is 4.57. The Kier molecular flexibility index (Phi) is 4.08. The fourth-order valence-electron chi connectivity index (χ4n) is 5.46. The molecule has 6 rings (SSSR count). The predicted molar refractivity (Wildman–Crippen MR) is 143 cm³/mol. The highest BCUT2D eigenvalue weighted by atomic mass is 127. The van der Waals surface area contributed by atoms with Gasteiger partial charge in [0.05, 0.1) is 5.41 Å². The van der Waals surface area contributed by atoms with Crippen molar-refractivity contribution in [3.63, 3.8) is 0 Å². The van der Waals surface area contributed by atoms with Crippen molar-refractivity contribution in [3.05, 3.63) is 120 Å². The molecule has 0 aliphatic heterocycles. The zero-order valence-corrected chi connectivity index (χ0v) is 21.2. The average Bonchev–Trinajstić information content (AvgIpc) is 3.13. The summed E-state index contributed by atoms with van der Waals surface area (Å²) in [5.74, 6) is 0. The van der Waals surface area contributed by atoms with Crippen molar-refractivity contribution in [2.45, 2.75) is 19.3 Å². The standard InChI is InChI=1S/C28H20I2/c1-27(2)15-13-19-22(14-16-27)28(23-11-12-24(29)26(30)25(19)23)20-9-5-3-7-17(20)18-8-4-6-10-21(18)28/h3-16H,1-2H3. The first-order valence-corrected chi connectivity index (χ1v) is 12.4. The van der Waals surface area contributed by atoms with E-state index in [1.54, 1.807) is 0 Å². The van der Waals surface area contributed by atoms with Crippen LogP contribution in [-0.4, -0.2) is 0 Å². The molecule has 1 spiro atoms. The lowest BCUT2D eigenvalue weighted by atomic mass is 9.69. The molecule has 3 aliphatic carbocycles. The van der Waals surface area contributed by atoms with Gasteiger partial charge in [-0.05, 0) is 90.2 Å². The highest BCUT2D eigenvalue weighted by Gasteiger charge is 2.52. The van der Waals surface area contributed by atoms with Gasteiger partial charge in [0.15, 0.2) is 0 Å². The Balaban J connectivity index is 1.83. The molecule has 0 fully saturated rings. The lowest BCUT2D eigenvalue weighted by Crippen LogP contribution is -2.27. The van der Waals surface area contributed by atoms with Crippen LogP contribution in [0.25, 0.3) is 16.7 Å². The molecule has 2 heteroatoms. The van der Waals surface area contributed by atoms with E-state index in [9.17, 15) is 0 Å². The van der Waals surface area contributed by atoms with Gasteiger partial charge >= 0.3 is 0 Å². The van der Waals surface area contributed by atoms with Crippen molar-refractivity contribution in [2.75, 3.05) is 0 Å². The summed E-state index contributed by atoms with van der Waals surface area (Å²) in [4.78, 5) is 0. The summed E-state index contributed by atoms with van der Waals surface area (Å²) in [7, 11) is 0. The van der Waals surface area contributed by atoms with Gasteiger partial charge in [0.2, 0.25) is 0 Å². The molecule has 0 saturated carbocycles. The second-order valence-electron chi connectivity index (χ2n) is 8.94. The van der Waals surface area contributed by atoms with Crippen LogP contribution in [0.3, 0.4) is 0 Å². The summed E-state index contributed by atoms with van der Waals surface area (Å²) in [6.07, 6.45) is 9.53. The normalized spacial score (nSPS) is 18.8. The summed E-state index contributed by atoms with van der Waals surface area (Å²) in [5.41, 5.74) is 11.0. The highest BCUT2D eigenvalue weighted by molar-refractivity contribution is 14.1. The van der Waals surface area contributed by atoms with E-state index in [0.717, 1.165) is 0 Å². The van der Waals surface area contributed by atoms with Gasteiger partial charge in [-0.2, -0.15) is 0 Å². The number of hydrogen-bond donors (Lipinski definition) is 0. The molecule has 0 radical (unpaired) electrons. The summed E-state index contributed by atoms with van der Waals surface area (Å²) >= 11 is 5.03. The zero-order valence-electron chi connectivity index (χ0n) is 16.8. The molecule has 0 amide bonds. The van der Waals surface area contributed by atoms with E-state index in [1.807, 2.05) is 0 Å². The van der Waals surface area contributed by atoms with Crippen LogP contribution in [0.15, 0.2) is 90.5 Å². The van der Waals surface area contributed by atoms with Crippen LogP contribution in [0.2, 0.25) is 0 Å². The van der Waals surface area contributed by atoms with Crippen molar-refractivity contribution in [2.24, 2.45) is 5.41 Å². The number of rotatable bonds is 0. The molecule has 0 N–H and O–H groups in total. The first kappa shape index (κ1) is 19.1. The number of halogens is 2. The molecule has 0 bridgehead atoms. The molecule has 3 aliphatic rings. The van der Waals surface area contributed by atoms with Crippen molar-refractivity contribution < 1.29 is 0 Å². The molecule has 0 unspecified atom stereocenters. The summed E-state index contributed by atoms with van der Waals surface area (Å²) in [5, 5.41) is 0. The Hall–Kier alpha value is -1.66. The fraction of sp³-hybridized carbons (Fsp3) is 0.143. The maximum Gasteiger partial charge on any atom is 0.0725 e. The Morgan fingerprint density at radius 1 is 0.667 bits per heavy atom. The maximum absolute atomic E-state index is 2.55. The smallest absolute Gasteiger partial charge is 0.0725 e.